The molecule has 4 rings (SSSR count). The van der Waals surface area contributed by atoms with Crippen molar-refractivity contribution in [2.45, 2.75) is 13.5 Å². The van der Waals surface area contributed by atoms with Gasteiger partial charge in [0.15, 0.2) is 11.6 Å². The first kappa shape index (κ1) is 21.7. The number of hydrogen-bond donors (Lipinski definition) is 2. The SMILES string of the molecule is Cc1ccc2[nH]c(C(=O)NCc3ccc(Cl)c(Oc4cc(Cl)cc(C#N)c4)c3F)cc2c1. The van der Waals surface area contributed by atoms with Crippen LogP contribution in [-0.2, 0) is 6.54 Å². The second-order valence-electron chi connectivity index (χ2n) is 7.20. The van der Waals surface area contributed by atoms with Crippen molar-refractivity contribution in [3.8, 4) is 17.6 Å². The summed E-state index contributed by atoms with van der Waals surface area (Å²) in [5, 5.41) is 13.0. The van der Waals surface area contributed by atoms with E-state index in [1.54, 1.807) is 6.07 Å². The molecule has 0 aliphatic heterocycles. The molecule has 0 saturated carbocycles. The lowest BCUT2D eigenvalue weighted by Gasteiger charge is -2.13. The fraction of sp³-hybridized carbons (Fsp3) is 0.0833. The van der Waals surface area contributed by atoms with Crippen molar-refractivity contribution in [1.82, 2.24) is 10.3 Å². The van der Waals surface area contributed by atoms with Crippen molar-refractivity contribution in [3.63, 3.8) is 0 Å². The Balaban J connectivity index is 1.53. The van der Waals surface area contributed by atoms with Crippen LogP contribution >= 0.6 is 23.2 Å². The van der Waals surface area contributed by atoms with Gasteiger partial charge in [0, 0.05) is 28.0 Å². The van der Waals surface area contributed by atoms with Gasteiger partial charge in [-0.3, -0.25) is 4.79 Å². The molecule has 0 atom stereocenters. The predicted molar refractivity (Wildman–Crippen MR) is 122 cm³/mol. The van der Waals surface area contributed by atoms with Gasteiger partial charge in [-0.2, -0.15) is 5.26 Å². The van der Waals surface area contributed by atoms with Gasteiger partial charge in [0.25, 0.3) is 5.91 Å². The number of aryl methyl sites for hydroxylation is 1. The minimum atomic E-state index is -0.719. The number of amides is 1. The fourth-order valence-electron chi connectivity index (χ4n) is 3.25. The van der Waals surface area contributed by atoms with Crippen LogP contribution in [0, 0.1) is 24.1 Å². The van der Waals surface area contributed by atoms with Gasteiger partial charge >= 0.3 is 0 Å². The highest BCUT2D eigenvalue weighted by Gasteiger charge is 2.17. The standard InChI is InChI=1S/C24H16Cl2FN3O2/c1-13-2-5-20-16(6-13)9-21(30-20)24(31)29-12-15-3-4-19(26)23(22(15)27)32-18-8-14(11-28)7-17(25)10-18/h2-10,30H,12H2,1H3,(H,29,31). The van der Waals surface area contributed by atoms with Gasteiger partial charge in [-0.1, -0.05) is 40.9 Å². The summed E-state index contributed by atoms with van der Waals surface area (Å²) >= 11 is 12.1. The quantitative estimate of drug-likeness (QED) is 0.350. The lowest BCUT2D eigenvalue weighted by molar-refractivity contribution is 0.0946. The number of nitrogens with zero attached hydrogens (tertiary/aromatic N) is 1. The molecule has 0 saturated heterocycles. The van der Waals surface area contributed by atoms with E-state index in [-0.39, 0.29) is 45.1 Å². The number of carbonyl (C=O) groups excluding carboxylic acids is 1. The summed E-state index contributed by atoms with van der Waals surface area (Å²) in [5.74, 6) is -1.14. The van der Waals surface area contributed by atoms with Crippen LogP contribution in [0.2, 0.25) is 10.0 Å². The number of ether oxygens (including phenoxy) is 1. The van der Waals surface area contributed by atoms with Gasteiger partial charge in [-0.15, -0.1) is 0 Å². The van der Waals surface area contributed by atoms with Gasteiger partial charge < -0.3 is 15.0 Å². The van der Waals surface area contributed by atoms with Crippen molar-refractivity contribution < 1.29 is 13.9 Å². The zero-order valence-electron chi connectivity index (χ0n) is 16.8. The maximum Gasteiger partial charge on any atom is 0.267 e. The summed E-state index contributed by atoms with van der Waals surface area (Å²) in [7, 11) is 0. The van der Waals surface area contributed by atoms with Gasteiger partial charge in [-0.25, -0.2) is 4.39 Å². The topological polar surface area (TPSA) is 77.9 Å². The van der Waals surface area contributed by atoms with Crippen LogP contribution in [0.1, 0.15) is 27.2 Å². The maximum absolute atomic E-state index is 15.1. The number of aromatic nitrogens is 1. The Morgan fingerprint density at radius 1 is 1.16 bits per heavy atom. The second-order valence-corrected chi connectivity index (χ2v) is 8.04. The third-order valence-corrected chi connectivity index (χ3v) is 5.33. The van der Waals surface area contributed by atoms with Gasteiger partial charge in [0.2, 0.25) is 0 Å². The lowest BCUT2D eigenvalue weighted by Crippen LogP contribution is -2.23. The molecule has 0 radical (unpaired) electrons. The van der Waals surface area contributed by atoms with E-state index in [4.69, 9.17) is 33.2 Å². The molecular formula is C24H16Cl2FN3O2. The summed E-state index contributed by atoms with van der Waals surface area (Å²) in [4.78, 5) is 15.6. The van der Waals surface area contributed by atoms with Gasteiger partial charge in [0.05, 0.1) is 16.7 Å². The molecule has 0 bridgehead atoms. The van der Waals surface area contributed by atoms with Crippen LogP contribution in [-0.4, -0.2) is 10.9 Å². The number of hydrogen-bond acceptors (Lipinski definition) is 3. The van der Waals surface area contributed by atoms with Crippen molar-refractivity contribution in [3.05, 3.63) is 92.8 Å². The molecule has 1 heterocycles. The van der Waals surface area contributed by atoms with Crippen LogP contribution in [0.3, 0.4) is 0 Å². The Labute approximate surface area is 193 Å². The molecule has 4 aromatic rings. The average Bonchev–Trinajstić information content (AvgIpc) is 3.18. The molecule has 5 nitrogen and oxygen atoms in total. The first-order valence-corrected chi connectivity index (χ1v) is 10.3. The Morgan fingerprint density at radius 2 is 1.97 bits per heavy atom. The van der Waals surface area contributed by atoms with E-state index in [1.165, 1.54) is 30.3 Å². The summed E-state index contributed by atoms with van der Waals surface area (Å²) in [6, 6.07) is 16.8. The smallest absolute Gasteiger partial charge is 0.267 e. The molecular weight excluding hydrogens is 452 g/mol. The molecule has 0 aliphatic carbocycles. The number of aromatic amines is 1. The fourth-order valence-corrected chi connectivity index (χ4v) is 3.66. The number of H-pyrrole nitrogens is 1. The highest BCUT2D eigenvalue weighted by Crippen LogP contribution is 2.35. The van der Waals surface area contributed by atoms with E-state index in [1.807, 2.05) is 31.2 Å². The predicted octanol–water partition coefficient (Wildman–Crippen LogP) is 6.52. The van der Waals surface area contributed by atoms with Crippen molar-refractivity contribution in [1.29, 1.82) is 5.26 Å². The number of carbonyl (C=O) groups is 1. The first-order chi connectivity index (χ1) is 15.3. The number of fused-ring (bicyclic) bond motifs is 1. The number of benzene rings is 3. The minimum Gasteiger partial charge on any atom is -0.453 e. The van der Waals surface area contributed by atoms with Crippen LogP contribution in [0.5, 0.6) is 11.5 Å². The van der Waals surface area contributed by atoms with Crippen molar-refractivity contribution >= 4 is 40.0 Å². The zero-order valence-corrected chi connectivity index (χ0v) is 18.3. The first-order valence-electron chi connectivity index (χ1n) is 9.57. The monoisotopic (exact) mass is 467 g/mol. The Hall–Kier alpha value is -3.53. The minimum absolute atomic E-state index is 0.0436. The number of nitriles is 1. The van der Waals surface area contributed by atoms with E-state index in [2.05, 4.69) is 10.3 Å². The van der Waals surface area contributed by atoms with Crippen molar-refractivity contribution in [2.24, 2.45) is 0 Å². The zero-order chi connectivity index (χ0) is 22.8. The highest BCUT2D eigenvalue weighted by atomic mass is 35.5. The van der Waals surface area contributed by atoms with Crippen LogP contribution in [0.25, 0.3) is 10.9 Å². The molecule has 0 unspecified atom stereocenters. The summed E-state index contributed by atoms with van der Waals surface area (Å²) in [5.41, 5.74) is 2.75. The second kappa shape index (κ2) is 8.91. The molecule has 0 fully saturated rings. The largest absolute Gasteiger partial charge is 0.453 e. The average molecular weight is 468 g/mol. The van der Waals surface area contributed by atoms with E-state index < -0.39 is 5.82 Å². The normalized spacial score (nSPS) is 10.7. The van der Waals surface area contributed by atoms with Gasteiger partial charge in [0.1, 0.15) is 11.4 Å². The number of halogens is 3. The summed E-state index contributed by atoms with van der Waals surface area (Å²) < 4.78 is 20.7. The molecule has 8 heteroatoms. The maximum atomic E-state index is 15.1. The third kappa shape index (κ3) is 4.54. The van der Waals surface area contributed by atoms with E-state index in [9.17, 15) is 4.79 Å². The number of rotatable bonds is 5. The van der Waals surface area contributed by atoms with E-state index in [0.717, 1.165) is 16.5 Å². The molecule has 1 amide bonds. The molecule has 32 heavy (non-hydrogen) atoms. The Bertz CT molecular complexity index is 1390. The van der Waals surface area contributed by atoms with Gasteiger partial charge in [-0.05, 0) is 49.4 Å². The molecule has 0 aliphatic rings. The lowest BCUT2D eigenvalue weighted by atomic mass is 10.1. The molecule has 2 N–H and O–H groups in total. The summed E-state index contributed by atoms with van der Waals surface area (Å²) in [6.45, 7) is 1.89. The van der Waals surface area contributed by atoms with E-state index >= 15 is 4.39 Å². The molecule has 0 spiro atoms. The van der Waals surface area contributed by atoms with Crippen molar-refractivity contribution in [2.75, 3.05) is 0 Å². The molecule has 1 aromatic heterocycles. The Morgan fingerprint density at radius 3 is 2.75 bits per heavy atom. The molecule has 160 valence electrons. The molecule has 3 aromatic carbocycles. The Kier molecular flexibility index (Phi) is 6.04. The van der Waals surface area contributed by atoms with Crippen LogP contribution < -0.4 is 10.1 Å². The van der Waals surface area contributed by atoms with Crippen LogP contribution in [0.4, 0.5) is 4.39 Å². The van der Waals surface area contributed by atoms with E-state index in [0.29, 0.717) is 5.69 Å². The third-order valence-electron chi connectivity index (χ3n) is 4.81. The highest BCUT2D eigenvalue weighted by molar-refractivity contribution is 6.32. The number of nitrogens with one attached hydrogen (secondary N) is 2. The summed E-state index contributed by atoms with van der Waals surface area (Å²) in [6.07, 6.45) is 0. The van der Waals surface area contributed by atoms with Crippen LogP contribution in [0.15, 0.2) is 54.6 Å².